The van der Waals surface area contributed by atoms with Crippen LogP contribution in [0.4, 0.5) is 4.39 Å². The Morgan fingerprint density at radius 2 is 2.29 bits per heavy atom. The van der Waals surface area contributed by atoms with Gasteiger partial charge in [-0.3, -0.25) is 9.69 Å². The van der Waals surface area contributed by atoms with Crippen LogP contribution >= 0.6 is 11.3 Å². The highest BCUT2D eigenvalue weighted by molar-refractivity contribution is 7.10. The summed E-state index contributed by atoms with van der Waals surface area (Å²) in [7, 11) is 0. The van der Waals surface area contributed by atoms with Crippen molar-refractivity contribution in [3.05, 3.63) is 57.0 Å². The molecule has 0 fully saturated rings. The monoisotopic (exact) mass is 305 g/mol. The Balaban J connectivity index is 1.91. The Bertz CT molecular complexity index is 683. The fourth-order valence-electron chi connectivity index (χ4n) is 2.87. The highest BCUT2D eigenvalue weighted by atomic mass is 32.1. The molecule has 3 rings (SSSR count). The van der Waals surface area contributed by atoms with E-state index in [9.17, 15) is 14.3 Å². The molecule has 2 aromatic rings. The molecule has 21 heavy (non-hydrogen) atoms. The largest absolute Gasteiger partial charge is 0.480 e. The lowest BCUT2D eigenvalue weighted by molar-refractivity contribution is -0.144. The number of halogens is 1. The zero-order valence-corrected chi connectivity index (χ0v) is 12.5. The Hall–Kier alpha value is -1.72. The van der Waals surface area contributed by atoms with E-state index in [2.05, 4.69) is 0 Å². The minimum atomic E-state index is -0.873. The zero-order valence-electron chi connectivity index (χ0n) is 11.7. The molecule has 0 amide bonds. The molecule has 0 saturated heterocycles. The second kappa shape index (κ2) is 5.58. The average molecular weight is 305 g/mol. The SMILES string of the molecule is Cc1ccc(F)c(CN2CCc3sccc3C2C(=O)O)c1. The number of hydrogen-bond donors (Lipinski definition) is 1. The number of benzene rings is 1. The van der Waals surface area contributed by atoms with Gasteiger partial charge in [0.05, 0.1) is 0 Å². The molecule has 1 atom stereocenters. The number of aliphatic carboxylic acids is 1. The third-order valence-electron chi connectivity index (χ3n) is 3.87. The molecular weight excluding hydrogens is 289 g/mol. The van der Waals surface area contributed by atoms with Crippen molar-refractivity contribution < 1.29 is 14.3 Å². The van der Waals surface area contributed by atoms with E-state index in [1.807, 2.05) is 23.3 Å². The summed E-state index contributed by atoms with van der Waals surface area (Å²) >= 11 is 1.60. The van der Waals surface area contributed by atoms with Crippen LogP contribution in [-0.2, 0) is 17.8 Å². The number of thiophene rings is 1. The highest BCUT2D eigenvalue weighted by Gasteiger charge is 2.33. The van der Waals surface area contributed by atoms with Gasteiger partial charge in [0, 0.05) is 23.5 Å². The summed E-state index contributed by atoms with van der Waals surface area (Å²) in [5.74, 6) is -1.15. The zero-order chi connectivity index (χ0) is 15.0. The first-order chi connectivity index (χ1) is 10.1. The smallest absolute Gasteiger partial charge is 0.325 e. The second-order valence-electron chi connectivity index (χ2n) is 5.36. The molecule has 1 aliphatic heterocycles. The standard InChI is InChI=1S/C16H16FNO2S/c1-10-2-3-13(17)11(8-10)9-18-6-4-14-12(5-7-21-14)15(18)16(19)20/h2-3,5,7-8,15H,4,6,9H2,1H3,(H,19,20). The number of rotatable bonds is 3. The van der Waals surface area contributed by atoms with E-state index in [0.29, 0.717) is 18.7 Å². The molecule has 0 saturated carbocycles. The van der Waals surface area contributed by atoms with Gasteiger partial charge in [0.15, 0.2) is 0 Å². The second-order valence-corrected chi connectivity index (χ2v) is 6.36. The van der Waals surface area contributed by atoms with Crippen molar-refractivity contribution in [3.63, 3.8) is 0 Å². The van der Waals surface area contributed by atoms with Crippen LogP contribution in [0, 0.1) is 12.7 Å². The first kappa shape index (κ1) is 14.2. The van der Waals surface area contributed by atoms with Gasteiger partial charge in [0.1, 0.15) is 11.9 Å². The molecule has 0 aliphatic carbocycles. The van der Waals surface area contributed by atoms with Crippen LogP contribution in [0.2, 0.25) is 0 Å². The Labute approximate surface area is 126 Å². The quantitative estimate of drug-likeness (QED) is 0.945. The van der Waals surface area contributed by atoms with Crippen molar-refractivity contribution in [3.8, 4) is 0 Å². The third kappa shape index (κ3) is 2.71. The highest BCUT2D eigenvalue weighted by Crippen LogP contribution is 2.34. The molecule has 3 nitrogen and oxygen atoms in total. The molecular formula is C16H16FNO2S. The molecule has 5 heteroatoms. The van der Waals surface area contributed by atoms with Gasteiger partial charge in [-0.1, -0.05) is 17.7 Å². The number of fused-ring (bicyclic) bond motifs is 1. The maximum Gasteiger partial charge on any atom is 0.325 e. The maximum absolute atomic E-state index is 13.9. The molecule has 1 N–H and O–H groups in total. The molecule has 110 valence electrons. The summed E-state index contributed by atoms with van der Waals surface area (Å²) in [6, 6.07) is 6.15. The van der Waals surface area contributed by atoms with Crippen LogP contribution in [-0.4, -0.2) is 22.5 Å². The van der Waals surface area contributed by atoms with Gasteiger partial charge < -0.3 is 5.11 Å². The normalized spacial score (nSPS) is 18.5. The van der Waals surface area contributed by atoms with Crippen molar-refractivity contribution in [2.45, 2.75) is 25.9 Å². The predicted octanol–water partition coefficient (Wildman–Crippen LogP) is 3.38. The van der Waals surface area contributed by atoms with Crippen LogP contribution in [0.25, 0.3) is 0 Å². The first-order valence-electron chi connectivity index (χ1n) is 6.84. The van der Waals surface area contributed by atoms with Crippen molar-refractivity contribution in [1.82, 2.24) is 4.90 Å². The molecule has 2 heterocycles. The number of carboxylic acid groups (broad SMARTS) is 1. The Kier molecular flexibility index (Phi) is 3.78. The first-order valence-corrected chi connectivity index (χ1v) is 7.72. The van der Waals surface area contributed by atoms with E-state index in [1.165, 1.54) is 6.07 Å². The number of aryl methyl sites for hydroxylation is 1. The maximum atomic E-state index is 13.9. The fraction of sp³-hybridized carbons (Fsp3) is 0.312. The van der Waals surface area contributed by atoms with Crippen LogP contribution in [0.15, 0.2) is 29.6 Å². The van der Waals surface area contributed by atoms with Crippen LogP contribution in [0.5, 0.6) is 0 Å². The van der Waals surface area contributed by atoms with E-state index >= 15 is 0 Å². The lowest BCUT2D eigenvalue weighted by atomic mass is 9.99. The van der Waals surface area contributed by atoms with Crippen molar-refractivity contribution >= 4 is 17.3 Å². The molecule has 0 spiro atoms. The molecule has 0 bridgehead atoms. The predicted molar refractivity (Wildman–Crippen MR) is 79.9 cm³/mol. The number of nitrogens with zero attached hydrogens (tertiary/aromatic N) is 1. The van der Waals surface area contributed by atoms with Gasteiger partial charge in [0.25, 0.3) is 0 Å². The van der Waals surface area contributed by atoms with E-state index < -0.39 is 12.0 Å². The number of hydrogen-bond acceptors (Lipinski definition) is 3. The lowest BCUT2D eigenvalue weighted by Gasteiger charge is -2.33. The van der Waals surface area contributed by atoms with Gasteiger partial charge in [-0.15, -0.1) is 11.3 Å². The molecule has 1 aromatic carbocycles. The molecule has 1 aromatic heterocycles. The van der Waals surface area contributed by atoms with Crippen molar-refractivity contribution in [2.24, 2.45) is 0 Å². The number of carboxylic acids is 1. The molecule has 1 unspecified atom stereocenters. The van der Waals surface area contributed by atoms with Crippen LogP contribution < -0.4 is 0 Å². The minimum Gasteiger partial charge on any atom is -0.480 e. The summed E-state index contributed by atoms with van der Waals surface area (Å²) in [6.07, 6.45) is 0.824. The van der Waals surface area contributed by atoms with E-state index in [0.717, 1.165) is 22.4 Å². The van der Waals surface area contributed by atoms with Gasteiger partial charge >= 0.3 is 5.97 Å². The van der Waals surface area contributed by atoms with Crippen molar-refractivity contribution in [2.75, 3.05) is 6.54 Å². The Morgan fingerprint density at radius 3 is 3.05 bits per heavy atom. The van der Waals surface area contributed by atoms with Crippen LogP contribution in [0.3, 0.4) is 0 Å². The fourth-order valence-corrected chi connectivity index (χ4v) is 3.78. The summed E-state index contributed by atoms with van der Waals surface area (Å²) in [5.41, 5.74) is 2.39. The molecule has 1 aliphatic rings. The lowest BCUT2D eigenvalue weighted by Crippen LogP contribution is -2.38. The topological polar surface area (TPSA) is 40.5 Å². The van der Waals surface area contributed by atoms with Crippen molar-refractivity contribution in [1.29, 1.82) is 0 Å². The third-order valence-corrected chi connectivity index (χ3v) is 4.87. The summed E-state index contributed by atoms with van der Waals surface area (Å²) < 4.78 is 13.9. The van der Waals surface area contributed by atoms with E-state index in [1.54, 1.807) is 23.5 Å². The van der Waals surface area contributed by atoms with E-state index in [4.69, 9.17) is 0 Å². The summed E-state index contributed by atoms with van der Waals surface area (Å²) in [4.78, 5) is 14.6. The average Bonchev–Trinajstić information content (AvgIpc) is 2.90. The van der Waals surface area contributed by atoms with Gasteiger partial charge in [0.2, 0.25) is 0 Å². The van der Waals surface area contributed by atoms with Gasteiger partial charge in [-0.05, 0) is 36.4 Å². The van der Waals surface area contributed by atoms with Gasteiger partial charge in [-0.25, -0.2) is 4.39 Å². The number of carbonyl (C=O) groups is 1. The van der Waals surface area contributed by atoms with Crippen LogP contribution in [0.1, 0.15) is 27.6 Å². The minimum absolute atomic E-state index is 0.277. The van der Waals surface area contributed by atoms with E-state index in [-0.39, 0.29) is 5.82 Å². The van der Waals surface area contributed by atoms with Gasteiger partial charge in [-0.2, -0.15) is 0 Å². The summed E-state index contributed by atoms with van der Waals surface area (Å²) in [5, 5.41) is 11.5. The molecule has 0 radical (unpaired) electrons. The Morgan fingerprint density at radius 1 is 1.48 bits per heavy atom. The summed E-state index contributed by atoms with van der Waals surface area (Å²) in [6.45, 7) is 2.86.